The Bertz CT molecular complexity index is 504. The van der Waals surface area contributed by atoms with E-state index in [9.17, 15) is 9.59 Å². The summed E-state index contributed by atoms with van der Waals surface area (Å²) in [6, 6.07) is 10.2. The van der Waals surface area contributed by atoms with Gasteiger partial charge < -0.3 is 9.47 Å². The van der Waals surface area contributed by atoms with E-state index in [-0.39, 0.29) is 24.1 Å². The Hall–Kier alpha value is -1.68. The molecule has 0 atom stereocenters. The van der Waals surface area contributed by atoms with Crippen molar-refractivity contribution >= 4 is 11.8 Å². The van der Waals surface area contributed by atoms with Crippen LogP contribution >= 0.6 is 0 Å². The maximum atomic E-state index is 12.2. The lowest BCUT2D eigenvalue weighted by atomic mass is 9.79. The Morgan fingerprint density at radius 2 is 1.75 bits per heavy atom. The second kappa shape index (κ2) is 10.2. The van der Waals surface area contributed by atoms with Crippen molar-refractivity contribution in [3.63, 3.8) is 0 Å². The van der Waals surface area contributed by atoms with Crippen LogP contribution in [-0.2, 0) is 25.7 Å². The highest BCUT2D eigenvalue weighted by Crippen LogP contribution is 2.30. The number of ether oxygens (including phenoxy) is 2. The molecule has 24 heavy (non-hydrogen) atoms. The van der Waals surface area contributed by atoms with Crippen LogP contribution in [0.3, 0.4) is 0 Å². The average molecular weight is 332 g/mol. The molecule has 1 saturated carbocycles. The highest BCUT2D eigenvalue weighted by molar-refractivity contribution is 5.84. The highest BCUT2D eigenvalue weighted by atomic mass is 16.5. The summed E-state index contributed by atoms with van der Waals surface area (Å²) in [6.07, 6.45) is 4.43. The Morgan fingerprint density at radius 3 is 2.42 bits per heavy atom. The topological polar surface area (TPSA) is 52.6 Å². The minimum absolute atomic E-state index is 0.116. The highest BCUT2D eigenvalue weighted by Gasteiger charge is 2.26. The first kappa shape index (κ1) is 18.7. The van der Waals surface area contributed by atoms with Crippen LogP contribution in [0.5, 0.6) is 0 Å². The summed E-state index contributed by atoms with van der Waals surface area (Å²) in [5.74, 6) is 0.605. The molecular weight excluding hydrogens is 304 g/mol. The van der Waals surface area contributed by atoms with E-state index in [0.717, 1.165) is 32.3 Å². The van der Waals surface area contributed by atoms with Gasteiger partial charge in [0, 0.05) is 18.9 Å². The van der Waals surface area contributed by atoms with Crippen molar-refractivity contribution in [1.82, 2.24) is 0 Å². The van der Waals surface area contributed by atoms with Crippen LogP contribution in [0.2, 0.25) is 0 Å². The van der Waals surface area contributed by atoms with Crippen molar-refractivity contribution in [2.45, 2.75) is 52.1 Å². The van der Waals surface area contributed by atoms with Crippen molar-refractivity contribution < 1.29 is 19.1 Å². The molecule has 0 aromatic heterocycles. The van der Waals surface area contributed by atoms with Crippen molar-refractivity contribution in [1.29, 1.82) is 0 Å². The van der Waals surface area contributed by atoms with Gasteiger partial charge in [0.2, 0.25) is 0 Å². The van der Waals surface area contributed by atoms with Crippen LogP contribution in [0.1, 0.15) is 51.0 Å². The molecule has 0 radical (unpaired) electrons. The van der Waals surface area contributed by atoms with E-state index in [1.54, 1.807) is 6.92 Å². The van der Waals surface area contributed by atoms with Gasteiger partial charge in [-0.3, -0.25) is 9.59 Å². The van der Waals surface area contributed by atoms with Crippen LogP contribution in [0, 0.1) is 11.8 Å². The van der Waals surface area contributed by atoms with E-state index in [1.807, 2.05) is 18.2 Å². The largest absolute Gasteiger partial charge is 0.466 e. The number of hydrogen-bond acceptors (Lipinski definition) is 4. The van der Waals surface area contributed by atoms with Gasteiger partial charge in [0.25, 0.3) is 0 Å². The van der Waals surface area contributed by atoms with E-state index >= 15 is 0 Å². The Labute approximate surface area is 144 Å². The molecule has 4 nitrogen and oxygen atoms in total. The quantitative estimate of drug-likeness (QED) is 0.643. The van der Waals surface area contributed by atoms with Crippen LogP contribution in [-0.4, -0.2) is 25.0 Å². The molecule has 4 heteroatoms. The fourth-order valence-electron chi connectivity index (χ4n) is 3.23. The van der Waals surface area contributed by atoms with Crippen molar-refractivity contribution in [3.8, 4) is 0 Å². The van der Waals surface area contributed by atoms with Crippen LogP contribution in [0.25, 0.3) is 0 Å². The summed E-state index contributed by atoms with van der Waals surface area (Å²) in [7, 11) is 0. The van der Waals surface area contributed by atoms with Gasteiger partial charge in [-0.05, 0) is 44.1 Å². The predicted molar refractivity (Wildman–Crippen MR) is 92.4 cm³/mol. The van der Waals surface area contributed by atoms with E-state index in [1.165, 1.54) is 5.56 Å². The smallest absolute Gasteiger partial charge is 0.306 e. The van der Waals surface area contributed by atoms with Gasteiger partial charge in [0.15, 0.2) is 0 Å². The van der Waals surface area contributed by atoms with E-state index in [0.29, 0.717) is 25.6 Å². The lowest BCUT2D eigenvalue weighted by Crippen LogP contribution is -2.24. The van der Waals surface area contributed by atoms with E-state index < -0.39 is 0 Å². The molecule has 1 aliphatic carbocycles. The number of hydrogen-bond donors (Lipinski definition) is 0. The fraction of sp³-hybridized carbons (Fsp3) is 0.600. The molecule has 1 aliphatic rings. The monoisotopic (exact) mass is 332 g/mol. The molecule has 0 saturated heterocycles. The third-order valence-electron chi connectivity index (χ3n) is 4.65. The molecule has 0 spiro atoms. The second-order valence-corrected chi connectivity index (χ2v) is 6.49. The van der Waals surface area contributed by atoms with Crippen molar-refractivity contribution in [2.24, 2.45) is 11.8 Å². The zero-order chi connectivity index (χ0) is 17.2. The Morgan fingerprint density at radius 1 is 1.04 bits per heavy atom. The maximum Gasteiger partial charge on any atom is 0.306 e. The summed E-state index contributed by atoms with van der Waals surface area (Å²) in [6.45, 7) is 3.57. The number of ketones is 1. The van der Waals surface area contributed by atoms with Crippen LogP contribution in [0.15, 0.2) is 30.3 Å². The SMILES string of the molecule is CCOC(=O)CCC(=O)C1CCC(COCc2ccccc2)CC1. The number of carbonyl (C=O) groups is 2. The molecule has 0 unspecified atom stereocenters. The van der Waals surface area contributed by atoms with Crippen molar-refractivity contribution in [3.05, 3.63) is 35.9 Å². The number of benzene rings is 1. The summed E-state index contributed by atoms with van der Waals surface area (Å²) in [5.41, 5.74) is 1.19. The Balaban J connectivity index is 1.60. The summed E-state index contributed by atoms with van der Waals surface area (Å²) >= 11 is 0. The lowest BCUT2D eigenvalue weighted by molar-refractivity contribution is -0.144. The summed E-state index contributed by atoms with van der Waals surface area (Å²) in [4.78, 5) is 23.5. The number of esters is 1. The molecule has 132 valence electrons. The molecule has 0 N–H and O–H groups in total. The van der Waals surface area contributed by atoms with E-state index in [4.69, 9.17) is 9.47 Å². The molecule has 0 amide bonds. The van der Waals surface area contributed by atoms with Crippen LogP contribution in [0.4, 0.5) is 0 Å². The lowest BCUT2D eigenvalue weighted by Gasteiger charge is -2.27. The van der Waals surface area contributed by atoms with Crippen LogP contribution < -0.4 is 0 Å². The maximum absolute atomic E-state index is 12.2. The first-order valence-electron chi connectivity index (χ1n) is 8.99. The molecule has 1 fully saturated rings. The summed E-state index contributed by atoms with van der Waals surface area (Å²) < 4.78 is 10.7. The van der Waals surface area contributed by atoms with Gasteiger partial charge in [-0.1, -0.05) is 30.3 Å². The minimum Gasteiger partial charge on any atom is -0.466 e. The normalized spacial score (nSPS) is 20.5. The molecular formula is C20H28O4. The molecule has 0 aliphatic heterocycles. The van der Waals surface area contributed by atoms with Crippen molar-refractivity contribution in [2.75, 3.05) is 13.2 Å². The third kappa shape index (κ3) is 6.44. The molecule has 0 bridgehead atoms. The van der Waals surface area contributed by atoms with Gasteiger partial charge >= 0.3 is 5.97 Å². The zero-order valence-electron chi connectivity index (χ0n) is 14.5. The number of rotatable bonds is 9. The molecule has 1 aromatic rings. The zero-order valence-corrected chi connectivity index (χ0v) is 14.5. The molecule has 0 heterocycles. The van der Waals surface area contributed by atoms with Gasteiger partial charge in [-0.25, -0.2) is 0 Å². The third-order valence-corrected chi connectivity index (χ3v) is 4.65. The van der Waals surface area contributed by atoms with Gasteiger partial charge in [0.05, 0.1) is 19.6 Å². The molecule has 2 rings (SSSR count). The Kier molecular flexibility index (Phi) is 7.96. The van der Waals surface area contributed by atoms with Gasteiger partial charge in [-0.15, -0.1) is 0 Å². The first-order chi connectivity index (χ1) is 11.7. The fourth-order valence-corrected chi connectivity index (χ4v) is 3.23. The predicted octanol–water partition coefficient (Wildman–Crippen LogP) is 3.92. The van der Waals surface area contributed by atoms with E-state index in [2.05, 4.69) is 12.1 Å². The molecule has 1 aromatic carbocycles. The first-order valence-corrected chi connectivity index (χ1v) is 8.99. The number of carbonyl (C=O) groups excluding carboxylic acids is 2. The average Bonchev–Trinajstić information content (AvgIpc) is 2.61. The minimum atomic E-state index is -0.270. The second-order valence-electron chi connectivity index (χ2n) is 6.49. The summed E-state index contributed by atoms with van der Waals surface area (Å²) in [5, 5.41) is 0. The number of Topliss-reactive ketones (excluding diaryl/α,β-unsaturated/α-hetero) is 1. The van der Waals surface area contributed by atoms with Gasteiger partial charge in [-0.2, -0.15) is 0 Å². The standard InChI is InChI=1S/C20H28O4/c1-2-24-20(22)13-12-19(21)18-10-8-17(9-11-18)15-23-14-16-6-4-3-5-7-16/h3-7,17-18H,2,8-15H2,1H3. The van der Waals surface area contributed by atoms with Gasteiger partial charge in [0.1, 0.15) is 5.78 Å².